The van der Waals surface area contributed by atoms with Gasteiger partial charge in [0.25, 0.3) is 0 Å². The van der Waals surface area contributed by atoms with Gasteiger partial charge in [0.1, 0.15) is 0 Å². The van der Waals surface area contributed by atoms with Crippen molar-refractivity contribution in [3.05, 3.63) is 34.3 Å². The van der Waals surface area contributed by atoms with Gasteiger partial charge in [0.05, 0.1) is 0 Å². The quantitative estimate of drug-likeness (QED) is 0.895. The molecule has 0 aromatic heterocycles. The summed E-state index contributed by atoms with van der Waals surface area (Å²) < 4.78 is 1.15. The minimum Gasteiger partial charge on any atom is -0.315 e. The van der Waals surface area contributed by atoms with Crippen molar-refractivity contribution in [2.75, 3.05) is 46.3 Å². The lowest BCUT2D eigenvalue weighted by Crippen LogP contribution is -2.35. The van der Waals surface area contributed by atoms with E-state index in [1.165, 1.54) is 38.2 Å². The Kier molecular flexibility index (Phi) is 6.31. The lowest BCUT2D eigenvalue weighted by atomic mass is 10.2. The zero-order valence-corrected chi connectivity index (χ0v) is 13.3. The second-order valence-corrected chi connectivity index (χ2v) is 6.23. The Labute approximate surface area is 125 Å². The van der Waals surface area contributed by atoms with Crippen molar-refractivity contribution >= 4 is 15.9 Å². The van der Waals surface area contributed by atoms with Crippen LogP contribution in [-0.2, 0) is 6.54 Å². The third-order valence-corrected chi connectivity index (χ3v) is 4.13. The number of benzene rings is 1. The number of halogens is 1. The normalized spacial score (nSPS) is 17.6. The van der Waals surface area contributed by atoms with Gasteiger partial charge in [0, 0.05) is 37.2 Å². The van der Waals surface area contributed by atoms with Crippen LogP contribution in [0.15, 0.2) is 28.7 Å². The number of nitrogens with zero attached hydrogens (tertiary/aromatic N) is 2. The topological polar surface area (TPSA) is 18.5 Å². The summed E-state index contributed by atoms with van der Waals surface area (Å²) in [6, 6.07) is 8.61. The summed E-state index contributed by atoms with van der Waals surface area (Å²) in [6.45, 7) is 8.07. The highest BCUT2D eigenvalue weighted by molar-refractivity contribution is 9.10. The standard InChI is InChI=1S/C15H24BrN3/c1-18(13-14-3-5-15(16)6-4-14)11-12-19-9-2-7-17-8-10-19/h3-6,17H,2,7-13H2,1H3. The first-order valence-corrected chi connectivity index (χ1v) is 7.89. The average Bonchev–Trinajstić information content (AvgIpc) is 2.68. The molecule has 0 bridgehead atoms. The predicted octanol–water partition coefficient (Wildman–Crippen LogP) is 2.18. The van der Waals surface area contributed by atoms with E-state index in [1.807, 2.05) is 0 Å². The van der Waals surface area contributed by atoms with E-state index in [9.17, 15) is 0 Å². The van der Waals surface area contributed by atoms with Gasteiger partial charge in [-0.25, -0.2) is 0 Å². The van der Waals surface area contributed by atoms with Crippen molar-refractivity contribution in [1.29, 1.82) is 0 Å². The molecule has 0 aliphatic carbocycles. The molecule has 4 heteroatoms. The molecule has 0 atom stereocenters. The van der Waals surface area contributed by atoms with Gasteiger partial charge < -0.3 is 15.1 Å². The van der Waals surface area contributed by atoms with Gasteiger partial charge in [0.2, 0.25) is 0 Å². The maximum Gasteiger partial charge on any atom is 0.0231 e. The molecule has 1 N–H and O–H groups in total. The zero-order valence-electron chi connectivity index (χ0n) is 11.7. The van der Waals surface area contributed by atoms with Crippen LogP contribution >= 0.6 is 15.9 Å². The lowest BCUT2D eigenvalue weighted by Gasteiger charge is -2.23. The van der Waals surface area contributed by atoms with Crippen molar-refractivity contribution in [3.8, 4) is 0 Å². The van der Waals surface area contributed by atoms with Crippen LogP contribution in [0.4, 0.5) is 0 Å². The van der Waals surface area contributed by atoms with E-state index >= 15 is 0 Å². The summed E-state index contributed by atoms with van der Waals surface area (Å²) in [7, 11) is 2.21. The first-order chi connectivity index (χ1) is 9.24. The largest absolute Gasteiger partial charge is 0.315 e. The molecule has 1 heterocycles. The molecule has 2 rings (SSSR count). The van der Waals surface area contributed by atoms with Gasteiger partial charge in [-0.2, -0.15) is 0 Å². The van der Waals surface area contributed by atoms with E-state index in [-0.39, 0.29) is 0 Å². The molecule has 0 spiro atoms. The molecule has 3 nitrogen and oxygen atoms in total. The van der Waals surface area contributed by atoms with Crippen LogP contribution in [0.1, 0.15) is 12.0 Å². The van der Waals surface area contributed by atoms with E-state index in [0.717, 1.165) is 24.1 Å². The van der Waals surface area contributed by atoms with Crippen LogP contribution < -0.4 is 5.32 Å². The van der Waals surface area contributed by atoms with Crippen LogP contribution in [0.2, 0.25) is 0 Å². The fraction of sp³-hybridized carbons (Fsp3) is 0.600. The third-order valence-electron chi connectivity index (χ3n) is 3.60. The Bertz CT molecular complexity index is 358. The van der Waals surface area contributed by atoms with Gasteiger partial charge >= 0.3 is 0 Å². The monoisotopic (exact) mass is 325 g/mol. The Hall–Kier alpha value is -0.420. The molecule has 106 valence electrons. The molecule has 0 saturated carbocycles. The zero-order chi connectivity index (χ0) is 13.5. The van der Waals surface area contributed by atoms with E-state index in [1.54, 1.807) is 0 Å². The van der Waals surface area contributed by atoms with Gasteiger partial charge in [-0.15, -0.1) is 0 Å². The highest BCUT2D eigenvalue weighted by Crippen LogP contribution is 2.11. The second-order valence-electron chi connectivity index (χ2n) is 5.31. The summed E-state index contributed by atoms with van der Waals surface area (Å²) in [6.07, 6.45) is 1.27. The van der Waals surface area contributed by atoms with Crippen molar-refractivity contribution in [1.82, 2.24) is 15.1 Å². The maximum absolute atomic E-state index is 3.48. The summed E-state index contributed by atoms with van der Waals surface area (Å²) in [5.41, 5.74) is 1.38. The molecule has 1 aromatic rings. The number of hydrogen-bond donors (Lipinski definition) is 1. The van der Waals surface area contributed by atoms with E-state index < -0.39 is 0 Å². The summed E-state index contributed by atoms with van der Waals surface area (Å²) in [4.78, 5) is 4.97. The molecule has 0 amide bonds. The van der Waals surface area contributed by atoms with Crippen LogP contribution in [0.25, 0.3) is 0 Å². The highest BCUT2D eigenvalue weighted by Gasteiger charge is 2.09. The van der Waals surface area contributed by atoms with Crippen molar-refractivity contribution in [2.45, 2.75) is 13.0 Å². The molecular weight excluding hydrogens is 302 g/mol. The molecule has 0 unspecified atom stereocenters. The van der Waals surface area contributed by atoms with E-state index in [0.29, 0.717) is 0 Å². The molecule has 1 aromatic carbocycles. The molecule has 1 fully saturated rings. The molecule has 1 aliphatic rings. The average molecular weight is 326 g/mol. The van der Waals surface area contributed by atoms with E-state index in [4.69, 9.17) is 0 Å². The third kappa shape index (κ3) is 5.61. The fourth-order valence-corrected chi connectivity index (χ4v) is 2.68. The molecule has 1 saturated heterocycles. The SMILES string of the molecule is CN(CCN1CCCNCC1)Cc1ccc(Br)cc1. The fourth-order valence-electron chi connectivity index (χ4n) is 2.42. The van der Waals surface area contributed by atoms with Crippen LogP contribution in [0.3, 0.4) is 0 Å². The Balaban J connectivity index is 1.71. The molecule has 0 radical (unpaired) electrons. The lowest BCUT2D eigenvalue weighted by molar-refractivity contribution is 0.231. The van der Waals surface area contributed by atoms with Crippen LogP contribution in [0, 0.1) is 0 Å². The number of nitrogens with one attached hydrogen (secondary N) is 1. The van der Waals surface area contributed by atoms with Gasteiger partial charge in [-0.1, -0.05) is 28.1 Å². The maximum atomic E-state index is 3.48. The molecular formula is C15H24BrN3. The summed E-state index contributed by atoms with van der Waals surface area (Å²) in [5.74, 6) is 0. The van der Waals surface area contributed by atoms with E-state index in [2.05, 4.69) is 62.4 Å². The van der Waals surface area contributed by atoms with Gasteiger partial charge in [0.15, 0.2) is 0 Å². The molecule has 1 aliphatic heterocycles. The Morgan fingerprint density at radius 3 is 2.79 bits per heavy atom. The summed E-state index contributed by atoms with van der Waals surface area (Å²) >= 11 is 3.48. The smallest absolute Gasteiger partial charge is 0.0231 e. The first-order valence-electron chi connectivity index (χ1n) is 7.10. The first kappa shape index (κ1) is 15.0. The minimum absolute atomic E-state index is 1.03. The minimum atomic E-state index is 1.03. The van der Waals surface area contributed by atoms with Crippen molar-refractivity contribution < 1.29 is 0 Å². The van der Waals surface area contributed by atoms with Crippen LogP contribution in [0.5, 0.6) is 0 Å². The highest BCUT2D eigenvalue weighted by atomic mass is 79.9. The van der Waals surface area contributed by atoms with Crippen molar-refractivity contribution in [3.63, 3.8) is 0 Å². The molecule has 19 heavy (non-hydrogen) atoms. The van der Waals surface area contributed by atoms with Crippen molar-refractivity contribution in [2.24, 2.45) is 0 Å². The Morgan fingerprint density at radius 1 is 1.21 bits per heavy atom. The van der Waals surface area contributed by atoms with Gasteiger partial charge in [-0.3, -0.25) is 0 Å². The van der Waals surface area contributed by atoms with Crippen LogP contribution in [-0.4, -0.2) is 56.1 Å². The second kappa shape index (κ2) is 8.00. The number of hydrogen-bond acceptors (Lipinski definition) is 3. The predicted molar refractivity (Wildman–Crippen MR) is 84.4 cm³/mol. The van der Waals surface area contributed by atoms with Gasteiger partial charge in [-0.05, 0) is 44.3 Å². The Morgan fingerprint density at radius 2 is 2.00 bits per heavy atom. The summed E-state index contributed by atoms with van der Waals surface area (Å²) in [5, 5.41) is 3.45. The number of rotatable bonds is 5. The number of likely N-dealkylation sites (N-methyl/N-ethyl adjacent to an activating group) is 1.